The number of carbonyl (C=O) groups is 1. The maximum atomic E-state index is 14.8. The maximum Gasteiger partial charge on any atom is 0.192 e. The second-order valence-electron chi connectivity index (χ2n) is 9.23. The van der Waals surface area contributed by atoms with Crippen molar-refractivity contribution in [2.24, 2.45) is 0 Å². The lowest BCUT2D eigenvalue weighted by atomic mass is 10.0. The standard InChI is InChI=1S/C29H28FN3OS/c1-19-11-15-21(16-12-19)26(34)27(22-17-13-20(2)14-18-22)35-29-32-31-28(24-9-5-6-10-25(24)30)33(29)23-7-3-4-8-23/h5-6,9-18,23,27H,3-4,7-8H2,1-2H3/t27-/m0/s1. The van der Waals surface area contributed by atoms with E-state index < -0.39 is 5.25 Å². The fraction of sp³-hybridized carbons (Fsp3) is 0.276. The number of benzene rings is 3. The van der Waals surface area contributed by atoms with Crippen molar-refractivity contribution in [2.45, 2.75) is 56.0 Å². The van der Waals surface area contributed by atoms with Crippen molar-refractivity contribution in [3.8, 4) is 11.4 Å². The normalized spacial score (nSPS) is 14.8. The number of rotatable bonds is 7. The quantitative estimate of drug-likeness (QED) is 0.200. The van der Waals surface area contributed by atoms with Crippen LogP contribution in [0.4, 0.5) is 4.39 Å². The van der Waals surface area contributed by atoms with Gasteiger partial charge in [-0.1, -0.05) is 96.4 Å². The molecule has 3 aromatic carbocycles. The topological polar surface area (TPSA) is 47.8 Å². The predicted octanol–water partition coefficient (Wildman–Crippen LogP) is 7.53. The number of ketones is 1. The molecule has 35 heavy (non-hydrogen) atoms. The van der Waals surface area contributed by atoms with E-state index in [1.165, 1.54) is 17.8 Å². The first-order valence-electron chi connectivity index (χ1n) is 12.0. The first-order chi connectivity index (χ1) is 17.0. The van der Waals surface area contributed by atoms with Gasteiger partial charge in [0.25, 0.3) is 0 Å². The van der Waals surface area contributed by atoms with Crippen molar-refractivity contribution in [1.29, 1.82) is 0 Å². The average molecular weight is 486 g/mol. The molecule has 0 saturated heterocycles. The van der Waals surface area contributed by atoms with Crippen LogP contribution in [-0.4, -0.2) is 20.5 Å². The van der Waals surface area contributed by atoms with Gasteiger partial charge in [0, 0.05) is 11.6 Å². The Balaban J connectivity index is 1.58. The van der Waals surface area contributed by atoms with Gasteiger partial charge in [-0.05, 0) is 44.4 Å². The van der Waals surface area contributed by atoms with Crippen LogP contribution in [0.5, 0.6) is 0 Å². The number of thioether (sulfide) groups is 1. The number of aryl methyl sites for hydroxylation is 2. The fourth-order valence-corrected chi connectivity index (χ4v) is 5.85. The third-order valence-corrected chi connectivity index (χ3v) is 7.86. The monoisotopic (exact) mass is 485 g/mol. The van der Waals surface area contributed by atoms with Gasteiger partial charge in [-0.3, -0.25) is 9.36 Å². The minimum atomic E-state index is -0.490. The van der Waals surface area contributed by atoms with Gasteiger partial charge in [0.2, 0.25) is 0 Å². The summed E-state index contributed by atoms with van der Waals surface area (Å²) in [6.45, 7) is 4.04. The lowest BCUT2D eigenvalue weighted by Crippen LogP contribution is -2.13. The van der Waals surface area contributed by atoms with Crippen LogP contribution >= 0.6 is 11.8 Å². The number of carbonyl (C=O) groups excluding carboxylic acids is 1. The minimum Gasteiger partial charge on any atom is -0.299 e. The highest BCUT2D eigenvalue weighted by Gasteiger charge is 2.30. The van der Waals surface area contributed by atoms with Gasteiger partial charge in [-0.25, -0.2) is 4.39 Å². The summed E-state index contributed by atoms with van der Waals surface area (Å²) in [5.74, 6) is 0.233. The number of hydrogen-bond acceptors (Lipinski definition) is 4. The SMILES string of the molecule is Cc1ccc(C(=O)[C@@H](Sc2nnc(-c3ccccc3F)n2C2CCCC2)c2ccc(C)cc2)cc1. The molecule has 0 radical (unpaired) electrons. The van der Waals surface area contributed by atoms with Gasteiger partial charge >= 0.3 is 0 Å². The molecule has 1 aromatic heterocycles. The highest BCUT2D eigenvalue weighted by Crippen LogP contribution is 2.42. The molecule has 0 amide bonds. The van der Waals surface area contributed by atoms with Crippen molar-refractivity contribution >= 4 is 17.5 Å². The van der Waals surface area contributed by atoms with Crippen LogP contribution in [0.2, 0.25) is 0 Å². The smallest absolute Gasteiger partial charge is 0.192 e. The Labute approximate surface area is 209 Å². The third kappa shape index (κ3) is 4.94. The van der Waals surface area contributed by atoms with Crippen LogP contribution in [-0.2, 0) is 0 Å². The van der Waals surface area contributed by atoms with Crippen LogP contribution in [0, 0.1) is 19.7 Å². The van der Waals surface area contributed by atoms with E-state index in [2.05, 4.69) is 14.8 Å². The van der Waals surface area contributed by atoms with Crippen molar-refractivity contribution in [1.82, 2.24) is 14.8 Å². The molecule has 0 unspecified atom stereocenters. The Hall–Kier alpha value is -3.25. The first-order valence-corrected chi connectivity index (χ1v) is 12.9. The minimum absolute atomic E-state index is 0.0206. The molecule has 4 nitrogen and oxygen atoms in total. The molecule has 1 aliphatic carbocycles. The van der Waals surface area contributed by atoms with Gasteiger partial charge in [-0.2, -0.15) is 0 Å². The van der Waals surface area contributed by atoms with Gasteiger partial charge < -0.3 is 0 Å². The van der Waals surface area contributed by atoms with E-state index in [0.29, 0.717) is 22.1 Å². The second kappa shape index (κ2) is 10.2. The highest BCUT2D eigenvalue weighted by molar-refractivity contribution is 8.00. The lowest BCUT2D eigenvalue weighted by molar-refractivity contribution is 0.0989. The summed E-state index contributed by atoms with van der Waals surface area (Å²) < 4.78 is 16.8. The van der Waals surface area contributed by atoms with Crippen LogP contribution in [0.15, 0.2) is 78.0 Å². The predicted molar refractivity (Wildman–Crippen MR) is 138 cm³/mol. The van der Waals surface area contributed by atoms with Crippen LogP contribution in [0.1, 0.15) is 64.0 Å². The maximum absolute atomic E-state index is 14.8. The number of hydrogen-bond donors (Lipinski definition) is 0. The van der Waals surface area contributed by atoms with Crippen LogP contribution in [0.3, 0.4) is 0 Å². The summed E-state index contributed by atoms with van der Waals surface area (Å²) in [4.78, 5) is 13.8. The molecule has 1 heterocycles. The Kier molecular flexibility index (Phi) is 6.82. The molecule has 6 heteroatoms. The fourth-order valence-electron chi connectivity index (χ4n) is 4.66. The third-order valence-electron chi connectivity index (χ3n) is 6.65. The van der Waals surface area contributed by atoms with Gasteiger partial charge in [0.05, 0.1) is 5.56 Å². The second-order valence-corrected chi connectivity index (χ2v) is 10.3. The lowest BCUT2D eigenvalue weighted by Gasteiger charge is -2.20. The zero-order valence-electron chi connectivity index (χ0n) is 19.9. The van der Waals surface area contributed by atoms with E-state index in [1.807, 2.05) is 68.4 Å². The molecule has 1 fully saturated rings. The summed E-state index contributed by atoms with van der Waals surface area (Å²) in [5, 5.41) is 9.11. The summed E-state index contributed by atoms with van der Waals surface area (Å²) in [5.41, 5.74) is 4.26. The summed E-state index contributed by atoms with van der Waals surface area (Å²) in [6.07, 6.45) is 4.23. The van der Waals surface area contributed by atoms with E-state index >= 15 is 0 Å². The molecule has 178 valence electrons. The first kappa shape index (κ1) is 23.5. The molecule has 1 atom stereocenters. The van der Waals surface area contributed by atoms with Crippen LogP contribution in [0.25, 0.3) is 11.4 Å². The molecule has 0 spiro atoms. The van der Waals surface area contributed by atoms with E-state index in [1.54, 1.807) is 12.1 Å². The van der Waals surface area contributed by atoms with Crippen molar-refractivity contribution in [3.63, 3.8) is 0 Å². The molecule has 5 rings (SSSR count). The summed E-state index contributed by atoms with van der Waals surface area (Å²) >= 11 is 1.41. The van der Waals surface area contributed by atoms with Crippen molar-refractivity contribution in [3.05, 3.63) is 101 Å². The zero-order valence-corrected chi connectivity index (χ0v) is 20.8. The highest BCUT2D eigenvalue weighted by atomic mass is 32.2. The molecule has 1 aliphatic rings. The number of Topliss-reactive ketones (excluding diaryl/α,β-unsaturated/α-hetero) is 1. The van der Waals surface area contributed by atoms with E-state index in [0.717, 1.165) is 42.4 Å². The number of aromatic nitrogens is 3. The molecule has 4 aromatic rings. The molecular formula is C29H28FN3OS. The molecular weight excluding hydrogens is 457 g/mol. The van der Waals surface area contributed by atoms with E-state index in [9.17, 15) is 9.18 Å². The molecule has 1 saturated carbocycles. The Morgan fingerprint density at radius 2 is 1.54 bits per heavy atom. The molecule has 0 N–H and O–H groups in total. The van der Waals surface area contributed by atoms with Crippen LogP contribution < -0.4 is 0 Å². The van der Waals surface area contributed by atoms with Gasteiger partial charge in [0.1, 0.15) is 11.1 Å². The Bertz CT molecular complexity index is 1330. The van der Waals surface area contributed by atoms with Gasteiger partial charge in [0.15, 0.2) is 16.8 Å². The average Bonchev–Trinajstić information content (AvgIpc) is 3.53. The summed E-state index contributed by atoms with van der Waals surface area (Å²) in [6, 6.07) is 22.6. The number of nitrogens with zero attached hydrogens (tertiary/aromatic N) is 3. The summed E-state index contributed by atoms with van der Waals surface area (Å²) in [7, 11) is 0. The molecule has 0 bridgehead atoms. The zero-order chi connectivity index (χ0) is 24.4. The Morgan fingerprint density at radius 3 is 2.20 bits per heavy atom. The van der Waals surface area contributed by atoms with Gasteiger partial charge in [-0.15, -0.1) is 10.2 Å². The Morgan fingerprint density at radius 1 is 0.914 bits per heavy atom. The number of halogens is 1. The van der Waals surface area contributed by atoms with Crippen molar-refractivity contribution < 1.29 is 9.18 Å². The van der Waals surface area contributed by atoms with E-state index in [-0.39, 0.29) is 17.6 Å². The van der Waals surface area contributed by atoms with Crippen molar-refractivity contribution in [2.75, 3.05) is 0 Å². The van der Waals surface area contributed by atoms with E-state index in [4.69, 9.17) is 0 Å². The largest absolute Gasteiger partial charge is 0.299 e. The molecule has 0 aliphatic heterocycles.